The summed E-state index contributed by atoms with van der Waals surface area (Å²) in [5.41, 5.74) is 2.63. The van der Waals surface area contributed by atoms with Gasteiger partial charge in [-0.15, -0.1) is 0 Å². The number of rotatable bonds is 10. The summed E-state index contributed by atoms with van der Waals surface area (Å²) in [4.78, 5) is 30.4. The lowest BCUT2D eigenvalue weighted by Crippen LogP contribution is -2.34. The van der Waals surface area contributed by atoms with Crippen LogP contribution in [-0.4, -0.2) is 40.8 Å². The number of carbonyl (C=O) groups is 1. The minimum Gasteiger partial charge on any atom is -0.493 e. The Hall–Kier alpha value is -3.81. The number of para-hydroxylation sites is 1. The Morgan fingerprint density at radius 3 is 2.53 bits per heavy atom. The first kappa shape index (κ1) is 25.3. The summed E-state index contributed by atoms with van der Waals surface area (Å²) in [5.74, 6) is 1.80. The maximum atomic E-state index is 13.2. The van der Waals surface area contributed by atoms with E-state index >= 15 is 0 Å². The second-order valence-corrected chi connectivity index (χ2v) is 9.42. The molecule has 4 rings (SSSR count). The lowest BCUT2D eigenvalue weighted by atomic mass is 10.1. The summed E-state index contributed by atoms with van der Waals surface area (Å²) in [6, 6.07) is 11.7. The number of hydrogen-bond acceptors (Lipinski definition) is 5. The first-order valence-electron chi connectivity index (χ1n) is 12.3. The van der Waals surface area contributed by atoms with Crippen LogP contribution in [0.4, 0.5) is 0 Å². The third-order valence-corrected chi connectivity index (χ3v) is 6.49. The summed E-state index contributed by atoms with van der Waals surface area (Å²) < 4.78 is 14.3. The third kappa shape index (κ3) is 5.22. The van der Waals surface area contributed by atoms with E-state index in [9.17, 15) is 9.59 Å². The topological polar surface area (TPSA) is 87.4 Å². The molecule has 4 aromatic rings. The van der Waals surface area contributed by atoms with Crippen LogP contribution in [0.5, 0.6) is 11.5 Å². The van der Waals surface area contributed by atoms with Crippen LogP contribution in [0.3, 0.4) is 0 Å². The minimum absolute atomic E-state index is 0.0991. The molecule has 0 saturated heterocycles. The van der Waals surface area contributed by atoms with Crippen molar-refractivity contribution >= 4 is 27.7 Å². The summed E-state index contributed by atoms with van der Waals surface area (Å²) >= 11 is 0. The quantitative estimate of drug-likeness (QED) is 0.362. The monoisotopic (exact) mass is 490 g/mol. The van der Waals surface area contributed by atoms with Crippen LogP contribution in [0.1, 0.15) is 31.7 Å². The number of benzene rings is 2. The SMILES string of the molecule is COc1cc2nc(C)n(CC(=O)NCCc3cn(CCC(C)C)c4ccccc34)c(=O)c2cc1OC. The Morgan fingerprint density at radius 1 is 1.08 bits per heavy atom. The Labute approximate surface area is 210 Å². The molecule has 0 aliphatic carbocycles. The molecule has 1 N–H and O–H groups in total. The third-order valence-electron chi connectivity index (χ3n) is 6.49. The average molecular weight is 491 g/mol. The van der Waals surface area contributed by atoms with Gasteiger partial charge in [0.1, 0.15) is 12.4 Å². The molecule has 190 valence electrons. The Bertz CT molecular complexity index is 1450. The molecule has 0 spiro atoms. The molecular weight excluding hydrogens is 456 g/mol. The highest BCUT2D eigenvalue weighted by molar-refractivity contribution is 5.84. The molecule has 2 aromatic carbocycles. The molecule has 0 unspecified atom stereocenters. The van der Waals surface area contributed by atoms with Crippen molar-refractivity contribution in [3.8, 4) is 11.5 Å². The molecule has 0 aliphatic heterocycles. The molecule has 0 atom stereocenters. The number of methoxy groups -OCH3 is 2. The van der Waals surface area contributed by atoms with E-state index in [-0.39, 0.29) is 18.0 Å². The van der Waals surface area contributed by atoms with Gasteiger partial charge in [-0.05, 0) is 43.4 Å². The first-order chi connectivity index (χ1) is 17.3. The van der Waals surface area contributed by atoms with Crippen LogP contribution in [-0.2, 0) is 24.3 Å². The molecule has 36 heavy (non-hydrogen) atoms. The first-order valence-corrected chi connectivity index (χ1v) is 12.3. The molecule has 2 aromatic heterocycles. The van der Waals surface area contributed by atoms with Gasteiger partial charge in [-0.1, -0.05) is 32.0 Å². The summed E-state index contributed by atoms with van der Waals surface area (Å²) in [5, 5.41) is 4.56. The van der Waals surface area contributed by atoms with Crippen molar-refractivity contribution in [1.82, 2.24) is 19.4 Å². The molecular formula is C28H34N4O4. The molecule has 0 saturated carbocycles. The number of amides is 1. The number of fused-ring (bicyclic) bond motifs is 2. The van der Waals surface area contributed by atoms with E-state index < -0.39 is 0 Å². The Kier molecular flexibility index (Phi) is 7.62. The number of carbonyl (C=O) groups excluding carboxylic acids is 1. The number of nitrogens with one attached hydrogen (secondary N) is 1. The van der Waals surface area contributed by atoms with Gasteiger partial charge in [-0.2, -0.15) is 0 Å². The van der Waals surface area contributed by atoms with Gasteiger partial charge in [-0.3, -0.25) is 14.2 Å². The van der Waals surface area contributed by atoms with E-state index in [0.717, 1.165) is 13.0 Å². The van der Waals surface area contributed by atoms with Gasteiger partial charge >= 0.3 is 0 Å². The van der Waals surface area contributed by atoms with Crippen molar-refractivity contribution in [2.24, 2.45) is 5.92 Å². The van der Waals surface area contributed by atoms with E-state index in [1.165, 1.54) is 35.3 Å². The van der Waals surface area contributed by atoms with Gasteiger partial charge in [0.25, 0.3) is 5.56 Å². The van der Waals surface area contributed by atoms with Crippen molar-refractivity contribution in [2.75, 3.05) is 20.8 Å². The predicted octanol–water partition coefficient (Wildman–Crippen LogP) is 4.08. The summed E-state index contributed by atoms with van der Waals surface area (Å²) in [6.45, 7) is 7.53. The lowest BCUT2D eigenvalue weighted by Gasteiger charge is -2.13. The highest BCUT2D eigenvalue weighted by atomic mass is 16.5. The Balaban J connectivity index is 1.47. The van der Waals surface area contributed by atoms with Crippen LogP contribution < -0.4 is 20.3 Å². The zero-order valence-electron chi connectivity index (χ0n) is 21.6. The average Bonchev–Trinajstić information content (AvgIpc) is 3.22. The molecule has 8 heteroatoms. The normalized spacial score (nSPS) is 11.4. The standard InChI is InChI=1S/C28H34N4O4/c1-18(2)11-13-31-16-20(21-8-6-7-9-24(21)31)10-12-29-27(33)17-32-19(3)30-23-15-26(36-5)25(35-4)14-22(23)28(32)34/h6-9,14-16,18H,10-13,17H2,1-5H3,(H,29,33). The molecule has 0 aliphatic rings. The lowest BCUT2D eigenvalue weighted by molar-refractivity contribution is -0.121. The molecule has 2 heterocycles. The fourth-order valence-corrected chi connectivity index (χ4v) is 4.49. The van der Waals surface area contributed by atoms with Crippen LogP contribution in [0, 0.1) is 12.8 Å². The van der Waals surface area contributed by atoms with Gasteiger partial charge < -0.3 is 19.4 Å². The second kappa shape index (κ2) is 10.8. The minimum atomic E-state index is -0.290. The maximum Gasteiger partial charge on any atom is 0.262 e. The van der Waals surface area contributed by atoms with Crippen molar-refractivity contribution in [1.29, 1.82) is 0 Å². The fourth-order valence-electron chi connectivity index (χ4n) is 4.49. The maximum absolute atomic E-state index is 13.2. The van der Waals surface area contributed by atoms with E-state index in [0.29, 0.717) is 47.1 Å². The van der Waals surface area contributed by atoms with Crippen molar-refractivity contribution in [3.05, 3.63) is 64.3 Å². The fraction of sp³-hybridized carbons (Fsp3) is 0.393. The zero-order valence-corrected chi connectivity index (χ0v) is 21.6. The van der Waals surface area contributed by atoms with Gasteiger partial charge in [-0.25, -0.2) is 4.98 Å². The zero-order chi connectivity index (χ0) is 25.8. The van der Waals surface area contributed by atoms with Gasteiger partial charge in [0, 0.05) is 36.3 Å². The number of aromatic nitrogens is 3. The van der Waals surface area contributed by atoms with E-state index in [2.05, 4.69) is 53.1 Å². The van der Waals surface area contributed by atoms with E-state index in [1.807, 2.05) is 6.07 Å². The van der Waals surface area contributed by atoms with Gasteiger partial charge in [0.05, 0.1) is 25.1 Å². The van der Waals surface area contributed by atoms with Crippen LogP contribution in [0.2, 0.25) is 0 Å². The number of hydrogen-bond donors (Lipinski definition) is 1. The summed E-state index contributed by atoms with van der Waals surface area (Å²) in [7, 11) is 3.05. The highest BCUT2D eigenvalue weighted by Crippen LogP contribution is 2.30. The second-order valence-electron chi connectivity index (χ2n) is 9.42. The van der Waals surface area contributed by atoms with E-state index in [4.69, 9.17) is 9.47 Å². The van der Waals surface area contributed by atoms with Crippen LogP contribution in [0.25, 0.3) is 21.8 Å². The predicted molar refractivity (Wildman–Crippen MR) is 142 cm³/mol. The largest absolute Gasteiger partial charge is 0.493 e. The van der Waals surface area contributed by atoms with Crippen molar-refractivity contribution in [2.45, 2.75) is 46.7 Å². The number of ether oxygens (including phenoxy) is 2. The van der Waals surface area contributed by atoms with Crippen LogP contribution >= 0.6 is 0 Å². The molecule has 0 fully saturated rings. The number of nitrogens with zero attached hydrogens (tertiary/aromatic N) is 3. The summed E-state index contributed by atoms with van der Waals surface area (Å²) in [6.07, 6.45) is 4.02. The molecule has 8 nitrogen and oxygen atoms in total. The molecule has 1 amide bonds. The van der Waals surface area contributed by atoms with E-state index in [1.54, 1.807) is 19.1 Å². The van der Waals surface area contributed by atoms with Crippen molar-refractivity contribution in [3.63, 3.8) is 0 Å². The van der Waals surface area contributed by atoms with Crippen molar-refractivity contribution < 1.29 is 14.3 Å². The molecule has 0 bridgehead atoms. The van der Waals surface area contributed by atoms with Gasteiger partial charge in [0.15, 0.2) is 11.5 Å². The van der Waals surface area contributed by atoms with Crippen LogP contribution in [0.15, 0.2) is 47.4 Å². The highest BCUT2D eigenvalue weighted by Gasteiger charge is 2.15. The number of aryl methyl sites for hydroxylation is 2. The smallest absolute Gasteiger partial charge is 0.262 e. The van der Waals surface area contributed by atoms with Gasteiger partial charge in [0.2, 0.25) is 5.91 Å². The Morgan fingerprint density at radius 2 is 1.81 bits per heavy atom. The molecule has 0 radical (unpaired) electrons.